The molecule has 0 aliphatic rings. The van der Waals surface area contributed by atoms with Crippen LogP contribution >= 0.6 is 22.6 Å². The van der Waals surface area contributed by atoms with Crippen molar-refractivity contribution < 1.29 is 13.2 Å². The van der Waals surface area contributed by atoms with Crippen LogP contribution in [-0.4, -0.2) is 0 Å². The molecule has 2 rings (SSSR count). The average molecular weight is 364 g/mol. The van der Waals surface area contributed by atoms with Gasteiger partial charge in [-0.3, -0.25) is 0 Å². The lowest BCUT2D eigenvalue weighted by Crippen LogP contribution is -2.03. The molecule has 0 heterocycles. The molecule has 2 aromatic carbocycles. The number of benzene rings is 2. The van der Waals surface area contributed by atoms with Gasteiger partial charge in [0.05, 0.1) is 14.9 Å². The third-order valence-corrected chi connectivity index (χ3v) is 3.12. The van der Waals surface area contributed by atoms with E-state index >= 15 is 0 Å². The number of nitrogen functional groups attached to an aromatic ring is 1. The lowest BCUT2D eigenvalue weighted by molar-refractivity contribution is 0.494. The van der Waals surface area contributed by atoms with Crippen molar-refractivity contribution in [2.45, 2.75) is 0 Å². The Bertz CT molecular complexity index is 602. The molecule has 0 aromatic heterocycles. The van der Waals surface area contributed by atoms with Gasteiger partial charge in [0.15, 0.2) is 17.5 Å². The second-order valence-corrected chi connectivity index (χ2v) is 4.72. The Labute approximate surface area is 115 Å². The van der Waals surface area contributed by atoms with Crippen molar-refractivity contribution in [2.24, 2.45) is 0 Å². The summed E-state index contributed by atoms with van der Waals surface area (Å²) in [6.07, 6.45) is 0. The molecule has 0 aliphatic heterocycles. The van der Waals surface area contributed by atoms with Crippen molar-refractivity contribution in [3.8, 4) is 0 Å². The van der Waals surface area contributed by atoms with Crippen molar-refractivity contribution in [1.29, 1.82) is 0 Å². The topological polar surface area (TPSA) is 38.0 Å². The fraction of sp³-hybridized carbons (Fsp3) is 0. The summed E-state index contributed by atoms with van der Waals surface area (Å²) < 4.78 is 40.4. The van der Waals surface area contributed by atoms with Gasteiger partial charge in [-0.25, -0.2) is 13.2 Å². The van der Waals surface area contributed by atoms with Crippen LogP contribution in [0.2, 0.25) is 0 Å². The third-order valence-electron chi connectivity index (χ3n) is 2.33. The van der Waals surface area contributed by atoms with E-state index in [1.165, 1.54) is 22.6 Å². The molecule has 2 nitrogen and oxygen atoms in total. The molecule has 0 fully saturated rings. The van der Waals surface area contributed by atoms with E-state index in [4.69, 9.17) is 5.73 Å². The highest BCUT2D eigenvalue weighted by molar-refractivity contribution is 14.1. The minimum atomic E-state index is -1.26. The van der Waals surface area contributed by atoms with Gasteiger partial charge in [0.1, 0.15) is 5.69 Å². The normalized spacial score (nSPS) is 10.4. The van der Waals surface area contributed by atoms with E-state index in [9.17, 15) is 13.2 Å². The summed E-state index contributed by atoms with van der Waals surface area (Å²) in [5.74, 6) is -3.22. The molecule has 0 unspecified atom stereocenters. The van der Waals surface area contributed by atoms with E-state index in [-0.39, 0.29) is 3.57 Å². The number of anilines is 3. The van der Waals surface area contributed by atoms with Crippen LogP contribution in [0.1, 0.15) is 0 Å². The van der Waals surface area contributed by atoms with Gasteiger partial charge in [-0.2, -0.15) is 0 Å². The standard InChI is InChI=1S/C12H8F3IN2/c13-6-5-7(16)10(14)11(15)12(6)18-9-4-2-1-3-8(9)17/h1-5,18H,17H2. The lowest BCUT2D eigenvalue weighted by Gasteiger charge is -2.11. The van der Waals surface area contributed by atoms with Gasteiger partial charge in [0.2, 0.25) is 0 Å². The van der Waals surface area contributed by atoms with Gasteiger partial charge in [0, 0.05) is 0 Å². The molecule has 0 saturated heterocycles. The van der Waals surface area contributed by atoms with Gasteiger partial charge >= 0.3 is 0 Å². The zero-order valence-electron chi connectivity index (χ0n) is 8.98. The Morgan fingerprint density at radius 1 is 1.06 bits per heavy atom. The number of halogens is 4. The maximum Gasteiger partial charge on any atom is 0.186 e. The van der Waals surface area contributed by atoms with Crippen LogP contribution in [0.3, 0.4) is 0 Å². The van der Waals surface area contributed by atoms with Gasteiger partial charge in [-0.1, -0.05) is 12.1 Å². The molecule has 0 spiro atoms. The molecular weight excluding hydrogens is 356 g/mol. The summed E-state index contributed by atoms with van der Waals surface area (Å²) in [4.78, 5) is 0. The Hall–Kier alpha value is -1.44. The minimum Gasteiger partial charge on any atom is -0.397 e. The number of nitrogens with one attached hydrogen (secondary N) is 1. The first-order valence-electron chi connectivity index (χ1n) is 4.95. The van der Waals surface area contributed by atoms with E-state index in [1.54, 1.807) is 24.3 Å². The molecule has 0 saturated carbocycles. The van der Waals surface area contributed by atoms with Crippen molar-refractivity contribution >= 4 is 39.7 Å². The highest BCUT2D eigenvalue weighted by Gasteiger charge is 2.18. The first kappa shape index (κ1) is 13.0. The van der Waals surface area contributed by atoms with Gasteiger partial charge in [-0.05, 0) is 40.8 Å². The van der Waals surface area contributed by atoms with E-state index < -0.39 is 23.1 Å². The zero-order chi connectivity index (χ0) is 13.3. The smallest absolute Gasteiger partial charge is 0.186 e. The summed E-state index contributed by atoms with van der Waals surface area (Å²) in [6, 6.07) is 7.37. The molecule has 3 N–H and O–H groups in total. The second-order valence-electron chi connectivity index (χ2n) is 3.56. The maximum atomic E-state index is 13.6. The fourth-order valence-electron chi connectivity index (χ4n) is 1.43. The van der Waals surface area contributed by atoms with Crippen LogP contribution in [0.5, 0.6) is 0 Å². The Kier molecular flexibility index (Phi) is 3.65. The zero-order valence-corrected chi connectivity index (χ0v) is 11.1. The van der Waals surface area contributed by atoms with Crippen LogP contribution in [0.4, 0.5) is 30.2 Å². The summed E-state index contributed by atoms with van der Waals surface area (Å²) in [6.45, 7) is 0. The predicted molar refractivity (Wildman–Crippen MR) is 73.2 cm³/mol. The molecule has 0 radical (unpaired) electrons. The summed E-state index contributed by atoms with van der Waals surface area (Å²) in [5, 5.41) is 2.46. The Balaban J connectivity index is 2.47. The van der Waals surface area contributed by atoms with E-state index in [0.29, 0.717) is 11.4 Å². The number of nitrogens with two attached hydrogens (primary N) is 1. The molecule has 94 valence electrons. The van der Waals surface area contributed by atoms with Crippen LogP contribution in [0, 0.1) is 21.0 Å². The largest absolute Gasteiger partial charge is 0.397 e. The molecule has 6 heteroatoms. The van der Waals surface area contributed by atoms with E-state index in [0.717, 1.165) is 6.07 Å². The van der Waals surface area contributed by atoms with Crippen molar-refractivity contribution in [1.82, 2.24) is 0 Å². The molecule has 0 amide bonds. The highest BCUT2D eigenvalue weighted by Crippen LogP contribution is 2.30. The summed E-state index contributed by atoms with van der Waals surface area (Å²) >= 11 is 1.52. The summed E-state index contributed by atoms with van der Waals surface area (Å²) in [5.41, 5.74) is 5.71. The maximum absolute atomic E-state index is 13.6. The van der Waals surface area contributed by atoms with Crippen LogP contribution in [0.15, 0.2) is 30.3 Å². The molecule has 18 heavy (non-hydrogen) atoms. The predicted octanol–water partition coefficient (Wildman–Crippen LogP) is 4.03. The summed E-state index contributed by atoms with van der Waals surface area (Å²) in [7, 11) is 0. The molecule has 0 atom stereocenters. The average Bonchev–Trinajstić information content (AvgIpc) is 2.34. The SMILES string of the molecule is Nc1ccccc1Nc1c(F)cc(I)c(F)c1F. The Morgan fingerprint density at radius 2 is 1.72 bits per heavy atom. The highest BCUT2D eigenvalue weighted by atomic mass is 127. The lowest BCUT2D eigenvalue weighted by atomic mass is 10.2. The third kappa shape index (κ3) is 2.38. The van der Waals surface area contributed by atoms with Gasteiger partial charge in [0.25, 0.3) is 0 Å². The monoisotopic (exact) mass is 364 g/mol. The molecule has 0 bridgehead atoms. The second kappa shape index (κ2) is 5.05. The van der Waals surface area contributed by atoms with E-state index in [2.05, 4.69) is 5.32 Å². The quantitative estimate of drug-likeness (QED) is 0.366. The number of rotatable bonds is 2. The molecule has 0 aliphatic carbocycles. The minimum absolute atomic E-state index is 0.116. The van der Waals surface area contributed by atoms with Crippen molar-refractivity contribution in [3.63, 3.8) is 0 Å². The van der Waals surface area contributed by atoms with Gasteiger partial charge in [-0.15, -0.1) is 0 Å². The Morgan fingerprint density at radius 3 is 2.39 bits per heavy atom. The number of hydrogen-bond donors (Lipinski definition) is 2. The van der Waals surface area contributed by atoms with E-state index in [1.807, 2.05) is 0 Å². The number of hydrogen-bond acceptors (Lipinski definition) is 2. The van der Waals surface area contributed by atoms with Gasteiger partial charge < -0.3 is 11.1 Å². The molecule has 2 aromatic rings. The van der Waals surface area contributed by atoms with Crippen LogP contribution < -0.4 is 11.1 Å². The van der Waals surface area contributed by atoms with Crippen molar-refractivity contribution in [3.05, 3.63) is 51.4 Å². The molecular formula is C12H8F3IN2. The van der Waals surface area contributed by atoms with Crippen molar-refractivity contribution in [2.75, 3.05) is 11.1 Å². The van der Waals surface area contributed by atoms with Crippen LogP contribution in [-0.2, 0) is 0 Å². The fourth-order valence-corrected chi connectivity index (χ4v) is 1.94. The first-order chi connectivity index (χ1) is 8.50. The number of para-hydroxylation sites is 2. The first-order valence-corrected chi connectivity index (χ1v) is 6.03. The van der Waals surface area contributed by atoms with Crippen LogP contribution in [0.25, 0.3) is 0 Å².